The summed E-state index contributed by atoms with van der Waals surface area (Å²) in [5.41, 5.74) is 0.742. The molecule has 0 spiro atoms. The first-order valence-corrected chi connectivity index (χ1v) is 11.5. The SMILES string of the molecule is Cc1ccc(OC(F)F)c(C(=O)COC(=O)c2ccc(OCC(=O)N3C(C)CCCC3C)cc2)c1. The Labute approximate surface area is 203 Å². The number of carbonyl (C=O) groups is 3. The summed E-state index contributed by atoms with van der Waals surface area (Å²) < 4.78 is 40.2. The Hall–Kier alpha value is -3.49. The number of esters is 1. The van der Waals surface area contributed by atoms with Crippen molar-refractivity contribution >= 4 is 17.7 Å². The van der Waals surface area contributed by atoms with Gasteiger partial charge in [-0.1, -0.05) is 11.6 Å². The van der Waals surface area contributed by atoms with Crippen molar-refractivity contribution in [2.75, 3.05) is 13.2 Å². The van der Waals surface area contributed by atoms with Gasteiger partial charge in [-0.2, -0.15) is 8.78 Å². The van der Waals surface area contributed by atoms with E-state index in [2.05, 4.69) is 4.74 Å². The Morgan fingerprint density at radius 1 is 1.00 bits per heavy atom. The molecule has 1 saturated heterocycles. The van der Waals surface area contributed by atoms with E-state index in [1.165, 1.54) is 42.5 Å². The minimum absolute atomic E-state index is 0.0852. The predicted molar refractivity (Wildman–Crippen MR) is 124 cm³/mol. The zero-order valence-electron chi connectivity index (χ0n) is 20.0. The monoisotopic (exact) mass is 489 g/mol. The molecule has 1 aliphatic rings. The number of halogens is 2. The van der Waals surface area contributed by atoms with E-state index >= 15 is 0 Å². The van der Waals surface area contributed by atoms with E-state index in [1.807, 2.05) is 18.7 Å². The maximum absolute atomic E-state index is 12.6. The number of likely N-dealkylation sites (tertiary alicyclic amines) is 1. The summed E-state index contributed by atoms with van der Waals surface area (Å²) in [6.45, 7) is 1.93. The molecule has 0 aromatic heterocycles. The molecule has 188 valence electrons. The van der Waals surface area contributed by atoms with Gasteiger partial charge in [0.15, 0.2) is 13.2 Å². The molecule has 3 rings (SSSR count). The number of nitrogens with zero attached hydrogens (tertiary/aromatic N) is 1. The van der Waals surface area contributed by atoms with Gasteiger partial charge in [0.05, 0.1) is 11.1 Å². The highest BCUT2D eigenvalue weighted by molar-refractivity contribution is 6.01. The molecule has 1 fully saturated rings. The maximum atomic E-state index is 12.6. The number of ketones is 1. The third-order valence-corrected chi connectivity index (χ3v) is 5.92. The molecule has 0 radical (unpaired) electrons. The zero-order chi connectivity index (χ0) is 25.5. The van der Waals surface area contributed by atoms with Gasteiger partial charge in [0.25, 0.3) is 5.91 Å². The number of alkyl halides is 2. The van der Waals surface area contributed by atoms with Crippen LogP contribution in [0.5, 0.6) is 11.5 Å². The number of Topliss-reactive ketones (excluding diaryl/α,β-unsaturated/α-hetero) is 1. The fourth-order valence-corrected chi connectivity index (χ4v) is 4.17. The molecule has 2 aromatic carbocycles. The van der Waals surface area contributed by atoms with Gasteiger partial charge in [-0.25, -0.2) is 4.79 Å². The number of amides is 1. The first kappa shape index (κ1) is 26.1. The van der Waals surface area contributed by atoms with E-state index in [9.17, 15) is 23.2 Å². The summed E-state index contributed by atoms with van der Waals surface area (Å²) in [5.74, 6) is -1.39. The van der Waals surface area contributed by atoms with Crippen LogP contribution in [0, 0.1) is 6.92 Å². The van der Waals surface area contributed by atoms with Crippen molar-refractivity contribution in [3.63, 3.8) is 0 Å². The van der Waals surface area contributed by atoms with Gasteiger partial charge in [-0.05, 0) is 76.4 Å². The van der Waals surface area contributed by atoms with Crippen LogP contribution in [-0.4, -0.2) is 54.5 Å². The van der Waals surface area contributed by atoms with E-state index in [0.29, 0.717) is 11.3 Å². The molecule has 0 bridgehead atoms. The van der Waals surface area contributed by atoms with Crippen molar-refractivity contribution in [3.05, 3.63) is 59.2 Å². The molecule has 9 heteroatoms. The van der Waals surface area contributed by atoms with E-state index < -0.39 is 25.0 Å². The molecule has 2 unspecified atom stereocenters. The fourth-order valence-electron chi connectivity index (χ4n) is 4.17. The summed E-state index contributed by atoms with van der Waals surface area (Å²) in [7, 11) is 0. The van der Waals surface area contributed by atoms with Crippen LogP contribution in [0.3, 0.4) is 0 Å². The predicted octanol–water partition coefficient (Wildman–Crippen LogP) is 4.80. The van der Waals surface area contributed by atoms with Crippen LogP contribution in [0.15, 0.2) is 42.5 Å². The number of carbonyl (C=O) groups excluding carboxylic acids is 3. The van der Waals surface area contributed by atoms with Crippen LogP contribution >= 0.6 is 0 Å². The number of benzene rings is 2. The molecular weight excluding hydrogens is 460 g/mol. The molecule has 1 amide bonds. The topological polar surface area (TPSA) is 82.1 Å². The third-order valence-electron chi connectivity index (χ3n) is 5.92. The van der Waals surface area contributed by atoms with E-state index in [0.717, 1.165) is 19.3 Å². The molecule has 0 aliphatic carbocycles. The molecule has 0 saturated carbocycles. The summed E-state index contributed by atoms with van der Waals surface area (Å²) in [6, 6.07) is 10.5. The van der Waals surface area contributed by atoms with Crippen molar-refractivity contribution in [3.8, 4) is 11.5 Å². The molecule has 35 heavy (non-hydrogen) atoms. The highest BCUT2D eigenvalue weighted by Crippen LogP contribution is 2.24. The lowest BCUT2D eigenvalue weighted by molar-refractivity contribution is -0.139. The van der Waals surface area contributed by atoms with Crippen molar-refractivity contribution in [1.82, 2.24) is 4.90 Å². The minimum atomic E-state index is -3.09. The molecule has 2 aromatic rings. The summed E-state index contributed by atoms with van der Waals surface area (Å²) >= 11 is 0. The molecule has 7 nitrogen and oxygen atoms in total. The maximum Gasteiger partial charge on any atom is 0.387 e. The minimum Gasteiger partial charge on any atom is -0.484 e. The second-order valence-corrected chi connectivity index (χ2v) is 8.62. The summed E-state index contributed by atoms with van der Waals surface area (Å²) in [4.78, 5) is 39.2. The summed E-state index contributed by atoms with van der Waals surface area (Å²) in [5, 5.41) is 0. The Morgan fingerprint density at radius 3 is 2.29 bits per heavy atom. The van der Waals surface area contributed by atoms with Gasteiger partial charge in [0.1, 0.15) is 11.5 Å². The zero-order valence-corrected chi connectivity index (χ0v) is 20.0. The van der Waals surface area contributed by atoms with Crippen molar-refractivity contribution in [2.45, 2.75) is 58.7 Å². The second kappa shape index (κ2) is 11.8. The quantitative estimate of drug-likeness (QED) is 0.372. The lowest BCUT2D eigenvalue weighted by Crippen LogP contribution is -2.49. The molecule has 2 atom stereocenters. The van der Waals surface area contributed by atoms with Crippen LogP contribution in [0.25, 0.3) is 0 Å². The second-order valence-electron chi connectivity index (χ2n) is 8.62. The molecule has 0 N–H and O–H groups in total. The Balaban J connectivity index is 1.54. The van der Waals surface area contributed by atoms with E-state index in [-0.39, 0.29) is 41.5 Å². The first-order chi connectivity index (χ1) is 16.7. The Morgan fingerprint density at radius 2 is 1.66 bits per heavy atom. The van der Waals surface area contributed by atoms with Gasteiger partial charge in [0.2, 0.25) is 5.78 Å². The number of piperidine rings is 1. The van der Waals surface area contributed by atoms with E-state index in [4.69, 9.17) is 9.47 Å². The van der Waals surface area contributed by atoms with Crippen molar-refractivity contribution < 1.29 is 37.4 Å². The van der Waals surface area contributed by atoms with Crippen LogP contribution in [0.1, 0.15) is 59.4 Å². The fraction of sp³-hybridized carbons (Fsp3) is 0.423. The number of ether oxygens (including phenoxy) is 3. The van der Waals surface area contributed by atoms with Gasteiger partial charge in [0, 0.05) is 12.1 Å². The molecule has 1 heterocycles. The highest BCUT2D eigenvalue weighted by atomic mass is 19.3. The smallest absolute Gasteiger partial charge is 0.387 e. The van der Waals surface area contributed by atoms with Crippen molar-refractivity contribution in [2.24, 2.45) is 0 Å². The summed E-state index contributed by atoms with van der Waals surface area (Å²) in [6.07, 6.45) is 3.05. The first-order valence-electron chi connectivity index (χ1n) is 11.5. The number of aryl methyl sites for hydroxylation is 1. The lowest BCUT2D eigenvalue weighted by Gasteiger charge is -2.38. The van der Waals surface area contributed by atoms with E-state index in [1.54, 1.807) is 6.92 Å². The standard InChI is InChI=1S/C26H29F2NO6/c1-16-7-12-23(35-26(27)28)21(13-16)22(30)14-34-25(32)19-8-10-20(11-9-19)33-15-24(31)29-17(2)5-4-6-18(29)3/h7-13,17-18,26H,4-6,14-15H2,1-3H3. The van der Waals surface area contributed by atoms with Crippen LogP contribution < -0.4 is 9.47 Å². The Bertz CT molecular complexity index is 1050. The average Bonchev–Trinajstić information content (AvgIpc) is 2.82. The van der Waals surface area contributed by atoms with Gasteiger partial charge in [-0.3, -0.25) is 9.59 Å². The highest BCUT2D eigenvalue weighted by Gasteiger charge is 2.29. The lowest BCUT2D eigenvalue weighted by atomic mass is 9.97. The molecule has 1 aliphatic heterocycles. The number of rotatable bonds is 9. The van der Waals surface area contributed by atoms with Gasteiger partial charge >= 0.3 is 12.6 Å². The largest absolute Gasteiger partial charge is 0.484 e. The van der Waals surface area contributed by atoms with Crippen LogP contribution in [0.4, 0.5) is 8.78 Å². The third kappa shape index (κ3) is 7.00. The average molecular weight is 490 g/mol. The molecular formula is C26H29F2NO6. The number of hydrogen-bond acceptors (Lipinski definition) is 6. The van der Waals surface area contributed by atoms with Gasteiger partial charge < -0.3 is 19.1 Å². The van der Waals surface area contributed by atoms with Crippen LogP contribution in [0.2, 0.25) is 0 Å². The van der Waals surface area contributed by atoms with Crippen LogP contribution in [-0.2, 0) is 9.53 Å². The Kier molecular flexibility index (Phi) is 8.78. The number of hydrogen-bond donors (Lipinski definition) is 0. The van der Waals surface area contributed by atoms with Gasteiger partial charge in [-0.15, -0.1) is 0 Å². The van der Waals surface area contributed by atoms with Crippen molar-refractivity contribution in [1.29, 1.82) is 0 Å². The normalized spacial score (nSPS) is 17.7.